The molecule has 3 aromatic rings. The van der Waals surface area contributed by atoms with Crippen LogP contribution in [0.15, 0.2) is 22.6 Å². The van der Waals surface area contributed by atoms with Crippen LogP contribution in [0, 0.1) is 6.92 Å². The van der Waals surface area contributed by atoms with Crippen molar-refractivity contribution >= 4 is 22.6 Å². The number of aromatic nitrogens is 3. The van der Waals surface area contributed by atoms with Gasteiger partial charge in [-0.25, -0.2) is 4.98 Å². The summed E-state index contributed by atoms with van der Waals surface area (Å²) in [4.78, 5) is 4.63. The monoisotopic (exact) mass is 513 g/mol. The fourth-order valence-corrected chi connectivity index (χ4v) is 4.35. The fraction of sp³-hybridized carbons (Fsp3) is 0.542. The molecule has 0 bridgehead atoms. The molecular weight excluding hydrogens is 485 g/mol. The molecule has 0 saturated heterocycles. The van der Waals surface area contributed by atoms with Crippen LogP contribution in [0.2, 0.25) is 0 Å². The molecule has 1 saturated carbocycles. The van der Waals surface area contributed by atoms with E-state index in [1.54, 1.807) is 13.0 Å². The summed E-state index contributed by atoms with van der Waals surface area (Å²) in [5.41, 5.74) is 0.830. The van der Waals surface area contributed by atoms with Crippen molar-refractivity contribution in [3.05, 3.63) is 29.3 Å². The second kappa shape index (κ2) is 9.13. The zero-order chi connectivity index (χ0) is 26.5. The summed E-state index contributed by atoms with van der Waals surface area (Å²) in [5, 5.41) is 22.8. The molecule has 1 aliphatic carbocycles. The Labute approximate surface area is 204 Å². The van der Waals surface area contributed by atoms with E-state index in [9.17, 15) is 27.1 Å². The van der Waals surface area contributed by atoms with Crippen LogP contribution in [-0.4, -0.2) is 44.7 Å². The summed E-state index contributed by atoms with van der Waals surface area (Å²) >= 11 is 0. The van der Waals surface area contributed by atoms with Crippen molar-refractivity contribution in [3.63, 3.8) is 0 Å². The molecule has 0 aliphatic heterocycles. The second-order valence-electron chi connectivity index (χ2n) is 10.3. The standard InChI is InChI=1S/C24H28F5N5O2/c1-12-8-18(20-33-34-21(36-20)30-13-6-5-7-15(35)9-13)31-19-16(12)10-14(11-17(19)22(2,3)4)32-24(28,29)23(25,26)27/h8,10-11,13,15,32,35H,5-7,9H2,1-4H3,(H,30,34)/t13?,15-/m0/s1. The minimum atomic E-state index is -5.75. The first-order chi connectivity index (χ1) is 16.6. The van der Waals surface area contributed by atoms with Crippen LogP contribution >= 0.6 is 0 Å². The number of benzene rings is 1. The molecule has 0 spiro atoms. The second-order valence-corrected chi connectivity index (χ2v) is 10.3. The first-order valence-corrected chi connectivity index (χ1v) is 11.6. The predicted octanol–water partition coefficient (Wildman–Crippen LogP) is 6.17. The maximum absolute atomic E-state index is 13.7. The average Bonchev–Trinajstić information content (AvgIpc) is 3.20. The van der Waals surface area contributed by atoms with Gasteiger partial charge in [0.15, 0.2) is 0 Å². The Morgan fingerprint density at radius 2 is 1.75 bits per heavy atom. The van der Waals surface area contributed by atoms with Gasteiger partial charge in [0.1, 0.15) is 5.69 Å². The zero-order valence-corrected chi connectivity index (χ0v) is 20.3. The zero-order valence-electron chi connectivity index (χ0n) is 20.3. The van der Waals surface area contributed by atoms with Crippen molar-refractivity contribution in [2.45, 2.75) is 83.2 Å². The summed E-state index contributed by atoms with van der Waals surface area (Å²) in [6, 6.07) is -0.810. The number of rotatable bonds is 5. The van der Waals surface area contributed by atoms with Gasteiger partial charge in [-0.1, -0.05) is 25.9 Å². The first-order valence-electron chi connectivity index (χ1n) is 11.6. The highest BCUT2D eigenvalue weighted by Crippen LogP contribution is 2.40. The highest BCUT2D eigenvalue weighted by Gasteiger charge is 2.58. The van der Waals surface area contributed by atoms with E-state index in [4.69, 9.17) is 4.42 Å². The smallest absolute Gasteiger partial charge is 0.402 e. The van der Waals surface area contributed by atoms with E-state index in [0.29, 0.717) is 34.1 Å². The molecule has 0 radical (unpaired) electrons. The summed E-state index contributed by atoms with van der Waals surface area (Å²) < 4.78 is 71.6. The highest BCUT2D eigenvalue weighted by molar-refractivity contribution is 5.91. The Kier molecular flexibility index (Phi) is 6.61. The lowest BCUT2D eigenvalue weighted by atomic mass is 9.84. The van der Waals surface area contributed by atoms with E-state index >= 15 is 0 Å². The number of anilines is 2. The molecule has 12 heteroatoms. The normalized spacial score (nSPS) is 19.5. The number of hydrogen-bond donors (Lipinski definition) is 3. The Morgan fingerprint density at radius 1 is 1.03 bits per heavy atom. The Morgan fingerprint density at radius 3 is 2.39 bits per heavy atom. The SMILES string of the molecule is Cc1cc(-c2nnc(NC3CCC[C@H](O)C3)o2)nc2c(C(C)(C)C)cc(NC(F)(F)C(F)(F)F)cc12. The first kappa shape index (κ1) is 26.1. The van der Waals surface area contributed by atoms with Gasteiger partial charge in [0.05, 0.1) is 11.6 Å². The van der Waals surface area contributed by atoms with Crippen molar-refractivity contribution in [1.29, 1.82) is 0 Å². The van der Waals surface area contributed by atoms with E-state index in [2.05, 4.69) is 20.5 Å². The van der Waals surface area contributed by atoms with Crippen LogP contribution in [0.1, 0.15) is 57.6 Å². The molecule has 2 heterocycles. The average molecular weight is 514 g/mol. The molecule has 2 atom stereocenters. The number of alkyl halides is 5. The number of aliphatic hydroxyl groups is 1. The van der Waals surface area contributed by atoms with Crippen molar-refractivity contribution in [2.75, 3.05) is 10.6 Å². The maximum Gasteiger partial charge on any atom is 0.475 e. The molecule has 3 N–H and O–H groups in total. The summed E-state index contributed by atoms with van der Waals surface area (Å²) in [6.07, 6.45) is -3.05. The number of pyridine rings is 1. The van der Waals surface area contributed by atoms with Crippen molar-refractivity contribution in [2.24, 2.45) is 0 Å². The molecule has 1 aliphatic rings. The summed E-state index contributed by atoms with van der Waals surface area (Å²) in [7, 11) is 0. The fourth-order valence-electron chi connectivity index (χ4n) is 4.35. The van der Waals surface area contributed by atoms with E-state index in [-0.39, 0.29) is 29.7 Å². The van der Waals surface area contributed by atoms with E-state index < -0.39 is 17.6 Å². The third-order valence-corrected chi connectivity index (χ3v) is 6.20. The lowest BCUT2D eigenvalue weighted by molar-refractivity contribution is -0.268. The molecular formula is C24H28F5N5O2. The van der Waals surface area contributed by atoms with E-state index in [1.165, 1.54) is 17.4 Å². The van der Waals surface area contributed by atoms with Gasteiger partial charge < -0.3 is 20.2 Å². The number of nitrogens with zero attached hydrogens (tertiary/aromatic N) is 3. The van der Waals surface area contributed by atoms with Gasteiger partial charge in [0.25, 0.3) is 5.89 Å². The van der Waals surface area contributed by atoms with Gasteiger partial charge >= 0.3 is 18.2 Å². The molecule has 196 valence electrons. The van der Waals surface area contributed by atoms with Gasteiger partial charge in [-0.05, 0) is 67.3 Å². The molecule has 0 amide bonds. The Balaban J connectivity index is 1.72. The molecule has 1 fully saturated rings. The van der Waals surface area contributed by atoms with Crippen LogP contribution in [0.3, 0.4) is 0 Å². The number of aryl methyl sites for hydroxylation is 1. The molecule has 1 unspecified atom stereocenters. The lowest BCUT2D eigenvalue weighted by Crippen LogP contribution is -2.43. The maximum atomic E-state index is 13.7. The number of nitrogens with one attached hydrogen (secondary N) is 2. The molecule has 2 aromatic heterocycles. The van der Waals surface area contributed by atoms with Gasteiger partial charge in [-0.2, -0.15) is 22.0 Å². The minimum Gasteiger partial charge on any atom is -0.402 e. The van der Waals surface area contributed by atoms with Gasteiger partial charge in [-0.15, -0.1) is 5.10 Å². The number of hydrogen-bond acceptors (Lipinski definition) is 7. The molecule has 7 nitrogen and oxygen atoms in total. The Hall–Kier alpha value is -3.02. The van der Waals surface area contributed by atoms with Crippen LogP contribution in [0.4, 0.5) is 33.7 Å². The molecule has 1 aromatic carbocycles. The number of aliphatic hydroxyl groups excluding tert-OH is 1. The van der Waals surface area contributed by atoms with Crippen LogP contribution < -0.4 is 10.6 Å². The van der Waals surface area contributed by atoms with Gasteiger partial charge in [-0.3, -0.25) is 0 Å². The van der Waals surface area contributed by atoms with Crippen molar-refractivity contribution < 1.29 is 31.5 Å². The van der Waals surface area contributed by atoms with Crippen LogP contribution in [0.5, 0.6) is 0 Å². The van der Waals surface area contributed by atoms with Crippen molar-refractivity contribution in [3.8, 4) is 11.6 Å². The summed E-state index contributed by atoms with van der Waals surface area (Å²) in [6.45, 7) is 7.13. The van der Waals surface area contributed by atoms with Crippen LogP contribution in [-0.2, 0) is 5.41 Å². The lowest BCUT2D eigenvalue weighted by Gasteiger charge is -2.26. The topological polar surface area (TPSA) is 96.1 Å². The summed E-state index contributed by atoms with van der Waals surface area (Å²) in [5.74, 6) is 0.129. The van der Waals surface area contributed by atoms with E-state index in [1.807, 2.05) is 20.8 Å². The third kappa shape index (κ3) is 5.37. The van der Waals surface area contributed by atoms with Gasteiger partial charge in [0.2, 0.25) is 0 Å². The molecule has 4 rings (SSSR count). The molecule has 36 heavy (non-hydrogen) atoms. The Bertz CT molecular complexity index is 1250. The largest absolute Gasteiger partial charge is 0.475 e. The van der Waals surface area contributed by atoms with E-state index in [0.717, 1.165) is 19.3 Å². The minimum absolute atomic E-state index is 0.00147. The number of fused-ring (bicyclic) bond motifs is 1. The van der Waals surface area contributed by atoms with Crippen LogP contribution in [0.25, 0.3) is 22.5 Å². The number of halogens is 5. The predicted molar refractivity (Wildman–Crippen MR) is 125 cm³/mol. The highest BCUT2D eigenvalue weighted by atomic mass is 19.4. The van der Waals surface area contributed by atoms with Crippen molar-refractivity contribution in [1.82, 2.24) is 15.2 Å². The third-order valence-electron chi connectivity index (χ3n) is 6.20. The quantitative estimate of drug-likeness (QED) is 0.277. The van der Waals surface area contributed by atoms with Gasteiger partial charge in [0, 0.05) is 17.1 Å².